The van der Waals surface area contributed by atoms with E-state index >= 15 is 0 Å². The fourth-order valence-corrected chi connectivity index (χ4v) is 2.16. The highest BCUT2D eigenvalue weighted by Crippen LogP contribution is 2.31. The second-order valence-corrected chi connectivity index (χ2v) is 4.63. The number of nitro benzene ring substituents is 1. The highest BCUT2D eigenvalue weighted by molar-refractivity contribution is 6.34. The number of carbonyl (C=O) groups is 1. The third kappa shape index (κ3) is 2.12. The van der Waals surface area contributed by atoms with E-state index in [0.29, 0.717) is 0 Å². The highest BCUT2D eigenvalue weighted by Gasteiger charge is 2.21. The molecule has 0 aliphatic heterocycles. The van der Waals surface area contributed by atoms with Crippen molar-refractivity contribution >= 4 is 34.0 Å². The molecule has 2 rings (SSSR count). The summed E-state index contributed by atoms with van der Waals surface area (Å²) in [7, 11) is 0. The second kappa shape index (κ2) is 4.93. The standard InChI is InChI=1S/C12H10ClN3O4/c1-6(11(14)17)15-5-4-7-8(12(15)18)2-3-9(13)10(7)16(19)20/h2-6H,1H3,(H2,14,17). The monoisotopic (exact) mass is 295 g/mol. The molecule has 0 spiro atoms. The molecule has 1 amide bonds. The molecule has 1 atom stereocenters. The van der Waals surface area contributed by atoms with Crippen LogP contribution in [0.5, 0.6) is 0 Å². The molecule has 0 saturated carbocycles. The summed E-state index contributed by atoms with van der Waals surface area (Å²) in [4.78, 5) is 33.8. The lowest BCUT2D eigenvalue weighted by atomic mass is 10.1. The Morgan fingerprint density at radius 2 is 2.05 bits per heavy atom. The Morgan fingerprint density at radius 1 is 1.40 bits per heavy atom. The van der Waals surface area contributed by atoms with E-state index in [1.807, 2.05) is 0 Å². The molecule has 1 aromatic carbocycles. The number of halogens is 1. The molecule has 0 bridgehead atoms. The van der Waals surface area contributed by atoms with Gasteiger partial charge in [-0.25, -0.2) is 0 Å². The fourth-order valence-electron chi connectivity index (χ4n) is 1.93. The number of carbonyl (C=O) groups excluding carboxylic acids is 1. The number of pyridine rings is 1. The predicted molar refractivity (Wildman–Crippen MR) is 73.8 cm³/mol. The van der Waals surface area contributed by atoms with Crippen LogP contribution in [0.1, 0.15) is 13.0 Å². The summed E-state index contributed by atoms with van der Waals surface area (Å²) < 4.78 is 1.13. The normalized spacial score (nSPS) is 12.3. The van der Waals surface area contributed by atoms with Crippen molar-refractivity contribution in [3.05, 3.63) is 49.9 Å². The third-order valence-corrected chi connectivity index (χ3v) is 3.35. The van der Waals surface area contributed by atoms with Crippen LogP contribution in [0.25, 0.3) is 10.8 Å². The highest BCUT2D eigenvalue weighted by atomic mass is 35.5. The Hall–Kier alpha value is -2.41. The average Bonchev–Trinajstić information content (AvgIpc) is 2.37. The van der Waals surface area contributed by atoms with Crippen LogP contribution in [-0.2, 0) is 4.79 Å². The van der Waals surface area contributed by atoms with Gasteiger partial charge in [0.2, 0.25) is 5.91 Å². The number of fused-ring (bicyclic) bond motifs is 1. The zero-order chi connectivity index (χ0) is 15.0. The average molecular weight is 296 g/mol. The fraction of sp³-hybridized carbons (Fsp3) is 0.167. The van der Waals surface area contributed by atoms with Gasteiger partial charge in [-0.15, -0.1) is 0 Å². The van der Waals surface area contributed by atoms with Crippen molar-refractivity contribution in [1.29, 1.82) is 0 Å². The van der Waals surface area contributed by atoms with Gasteiger partial charge in [-0.05, 0) is 25.1 Å². The molecule has 1 unspecified atom stereocenters. The van der Waals surface area contributed by atoms with E-state index in [2.05, 4.69) is 0 Å². The number of nitro groups is 1. The number of nitrogens with two attached hydrogens (primary N) is 1. The lowest BCUT2D eigenvalue weighted by molar-refractivity contribution is -0.382. The Kier molecular flexibility index (Phi) is 3.46. The molecule has 20 heavy (non-hydrogen) atoms. The molecule has 1 aromatic heterocycles. The molecule has 0 saturated heterocycles. The van der Waals surface area contributed by atoms with Crippen molar-refractivity contribution in [3.8, 4) is 0 Å². The SMILES string of the molecule is CC(C(N)=O)n1ccc2c([N+](=O)[O-])c(Cl)ccc2c1=O. The maximum absolute atomic E-state index is 12.2. The van der Waals surface area contributed by atoms with Gasteiger partial charge in [0.15, 0.2) is 0 Å². The first-order valence-electron chi connectivity index (χ1n) is 5.61. The van der Waals surface area contributed by atoms with Gasteiger partial charge >= 0.3 is 0 Å². The zero-order valence-electron chi connectivity index (χ0n) is 10.4. The summed E-state index contributed by atoms with van der Waals surface area (Å²) in [5.74, 6) is -0.671. The topological polar surface area (TPSA) is 108 Å². The number of aromatic nitrogens is 1. The Labute approximate surface area is 117 Å². The van der Waals surface area contributed by atoms with Crippen molar-refractivity contribution in [1.82, 2.24) is 4.57 Å². The first-order chi connectivity index (χ1) is 9.34. The maximum atomic E-state index is 12.2. The molecule has 0 radical (unpaired) electrons. The number of nitrogens with zero attached hydrogens (tertiary/aromatic N) is 2. The van der Waals surface area contributed by atoms with Gasteiger partial charge in [-0.3, -0.25) is 19.7 Å². The number of amides is 1. The number of hydrogen-bond acceptors (Lipinski definition) is 4. The molecule has 2 aromatic rings. The van der Waals surface area contributed by atoms with Gasteiger partial charge < -0.3 is 10.3 Å². The van der Waals surface area contributed by atoms with Gasteiger partial charge in [0.25, 0.3) is 11.2 Å². The first-order valence-corrected chi connectivity index (χ1v) is 5.99. The second-order valence-electron chi connectivity index (χ2n) is 4.22. The van der Waals surface area contributed by atoms with Crippen LogP contribution < -0.4 is 11.3 Å². The van der Waals surface area contributed by atoms with E-state index in [4.69, 9.17) is 17.3 Å². The first kappa shape index (κ1) is 14.0. The van der Waals surface area contributed by atoms with Crippen LogP contribution in [0.2, 0.25) is 5.02 Å². The predicted octanol–water partition coefficient (Wildman–Crippen LogP) is 1.61. The third-order valence-electron chi connectivity index (χ3n) is 3.05. The summed E-state index contributed by atoms with van der Waals surface area (Å²) >= 11 is 5.78. The number of rotatable bonds is 3. The van der Waals surface area contributed by atoms with Crippen molar-refractivity contribution in [2.24, 2.45) is 5.73 Å². The van der Waals surface area contributed by atoms with Crippen LogP contribution in [0.3, 0.4) is 0 Å². The molecule has 0 aliphatic carbocycles. The molecule has 7 nitrogen and oxygen atoms in total. The number of hydrogen-bond donors (Lipinski definition) is 1. The van der Waals surface area contributed by atoms with Crippen LogP contribution in [0, 0.1) is 10.1 Å². The summed E-state index contributed by atoms with van der Waals surface area (Å²) in [5, 5.41) is 11.2. The zero-order valence-corrected chi connectivity index (χ0v) is 11.1. The number of primary amides is 1. The molecule has 0 aliphatic rings. The minimum absolute atomic E-state index is 0.0531. The van der Waals surface area contributed by atoms with E-state index < -0.39 is 22.4 Å². The number of benzene rings is 1. The van der Waals surface area contributed by atoms with Gasteiger partial charge in [-0.1, -0.05) is 11.6 Å². The molecular weight excluding hydrogens is 286 g/mol. The lowest BCUT2D eigenvalue weighted by Crippen LogP contribution is -2.31. The van der Waals surface area contributed by atoms with E-state index in [0.717, 1.165) is 4.57 Å². The molecule has 104 valence electrons. The van der Waals surface area contributed by atoms with E-state index in [-0.39, 0.29) is 21.5 Å². The minimum atomic E-state index is -0.846. The minimum Gasteiger partial charge on any atom is -0.368 e. The summed E-state index contributed by atoms with van der Waals surface area (Å²) in [6, 6.07) is 3.20. The van der Waals surface area contributed by atoms with Crippen molar-refractivity contribution < 1.29 is 9.72 Å². The van der Waals surface area contributed by atoms with E-state index in [1.54, 1.807) is 0 Å². The van der Waals surface area contributed by atoms with Gasteiger partial charge in [0.05, 0.1) is 15.7 Å². The Balaban J connectivity index is 2.83. The molecule has 8 heteroatoms. The van der Waals surface area contributed by atoms with Crippen molar-refractivity contribution in [3.63, 3.8) is 0 Å². The molecule has 2 N–H and O–H groups in total. The molecular formula is C12H10ClN3O4. The molecule has 0 fully saturated rings. The summed E-state index contributed by atoms with van der Waals surface area (Å²) in [6.07, 6.45) is 1.30. The van der Waals surface area contributed by atoms with E-state index in [9.17, 15) is 19.7 Å². The maximum Gasteiger partial charge on any atom is 0.295 e. The van der Waals surface area contributed by atoms with E-state index in [1.165, 1.54) is 31.3 Å². The quantitative estimate of drug-likeness (QED) is 0.685. The lowest BCUT2D eigenvalue weighted by Gasteiger charge is -2.12. The van der Waals surface area contributed by atoms with Crippen LogP contribution >= 0.6 is 11.6 Å². The largest absolute Gasteiger partial charge is 0.368 e. The van der Waals surface area contributed by atoms with Crippen LogP contribution in [0.15, 0.2) is 29.2 Å². The smallest absolute Gasteiger partial charge is 0.295 e. The van der Waals surface area contributed by atoms with Crippen molar-refractivity contribution in [2.45, 2.75) is 13.0 Å². The van der Waals surface area contributed by atoms with Gasteiger partial charge in [-0.2, -0.15) is 0 Å². The summed E-state index contributed by atoms with van der Waals surface area (Å²) in [5.41, 5.74) is 4.29. The van der Waals surface area contributed by atoms with Gasteiger partial charge in [0.1, 0.15) is 11.1 Å². The molecule has 1 heterocycles. The summed E-state index contributed by atoms with van der Waals surface area (Å²) in [6.45, 7) is 1.47. The van der Waals surface area contributed by atoms with Gasteiger partial charge in [0, 0.05) is 6.20 Å². The van der Waals surface area contributed by atoms with Crippen LogP contribution in [-0.4, -0.2) is 15.4 Å². The van der Waals surface area contributed by atoms with Crippen LogP contribution in [0.4, 0.5) is 5.69 Å². The van der Waals surface area contributed by atoms with Crippen molar-refractivity contribution in [2.75, 3.05) is 0 Å². The Morgan fingerprint density at radius 3 is 2.60 bits per heavy atom. The Bertz CT molecular complexity index is 784.